The molecule has 1 heterocycles. The van der Waals surface area contributed by atoms with E-state index in [9.17, 15) is 0 Å². The van der Waals surface area contributed by atoms with Crippen molar-refractivity contribution in [1.29, 1.82) is 0 Å². The van der Waals surface area contributed by atoms with Gasteiger partial charge in [0.2, 0.25) is 0 Å². The van der Waals surface area contributed by atoms with Gasteiger partial charge in [-0.3, -0.25) is 4.90 Å². The molecule has 0 spiro atoms. The lowest BCUT2D eigenvalue weighted by molar-refractivity contribution is 0.224. The standard InChI is InChI=1S/C21H30N4/c22-12-11-20(23-17-19-7-3-1-4-8-19)18-24-13-15-25(16-14-24)21-9-5-2-6-10-21/h1-10,20,23H,11-18,22H2/t20-/m0/s1. The second-order valence-electron chi connectivity index (χ2n) is 6.76. The van der Waals surface area contributed by atoms with Crippen LogP contribution in [0.2, 0.25) is 0 Å². The van der Waals surface area contributed by atoms with Crippen molar-refractivity contribution in [3.8, 4) is 0 Å². The topological polar surface area (TPSA) is 44.5 Å². The lowest BCUT2D eigenvalue weighted by Crippen LogP contribution is -2.51. The molecule has 1 atom stereocenters. The number of nitrogens with zero attached hydrogens (tertiary/aromatic N) is 2. The highest BCUT2D eigenvalue weighted by Gasteiger charge is 2.19. The van der Waals surface area contributed by atoms with Gasteiger partial charge in [0.05, 0.1) is 0 Å². The van der Waals surface area contributed by atoms with Crippen LogP contribution in [0.25, 0.3) is 0 Å². The first kappa shape index (κ1) is 17.9. The molecule has 134 valence electrons. The van der Waals surface area contributed by atoms with Crippen LogP contribution in [-0.2, 0) is 6.54 Å². The normalized spacial score (nSPS) is 16.8. The molecular formula is C21H30N4. The van der Waals surface area contributed by atoms with E-state index < -0.39 is 0 Å². The summed E-state index contributed by atoms with van der Waals surface area (Å²) in [5, 5.41) is 3.69. The van der Waals surface area contributed by atoms with Gasteiger partial charge in [-0.1, -0.05) is 48.5 Å². The Hall–Kier alpha value is -1.88. The van der Waals surface area contributed by atoms with Crippen molar-refractivity contribution < 1.29 is 0 Å². The molecule has 25 heavy (non-hydrogen) atoms. The number of nitrogens with one attached hydrogen (secondary N) is 1. The first-order valence-electron chi connectivity index (χ1n) is 9.35. The number of rotatable bonds is 8. The Kier molecular flexibility index (Phi) is 6.86. The van der Waals surface area contributed by atoms with Crippen LogP contribution in [0.15, 0.2) is 60.7 Å². The third-order valence-corrected chi connectivity index (χ3v) is 4.93. The monoisotopic (exact) mass is 338 g/mol. The number of benzene rings is 2. The van der Waals surface area contributed by atoms with Crippen molar-refractivity contribution in [2.75, 3.05) is 44.2 Å². The first-order valence-corrected chi connectivity index (χ1v) is 9.35. The number of nitrogens with two attached hydrogens (primary N) is 1. The predicted molar refractivity (Wildman–Crippen MR) is 106 cm³/mol. The Bertz CT molecular complexity index is 594. The number of piperazine rings is 1. The molecule has 0 saturated carbocycles. The van der Waals surface area contributed by atoms with E-state index in [-0.39, 0.29) is 0 Å². The van der Waals surface area contributed by atoms with Crippen molar-refractivity contribution in [2.45, 2.75) is 19.0 Å². The Morgan fingerprint density at radius 2 is 1.52 bits per heavy atom. The van der Waals surface area contributed by atoms with Gasteiger partial charge in [0.25, 0.3) is 0 Å². The predicted octanol–water partition coefficient (Wildman–Crippen LogP) is 2.32. The highest BCUT2D eigenvalue weighted by atomic mass is 15.3. The third-order valence-electron chi connectivity index (χ3n) is 4.93. The molecule has 3 N–H and O–H groups in total. The van der Waals surface area contributed by atoms with Crippen molar-refractivity contribution in [2.24, 2.45) is 5.73 Å². The second kappa shape index (κ2) is 9.56. The molecule has 1 aliphatic heterocycles. The zero-order chi connectivity index (χ0) is 17.3. The molecule has 1 fully saturated rings. The van der Waals surface area contributed by atoms with Crippen LogP contribution in [0.4, 0.5) is 5.69 Å². The van der Waals surface area contributed by atoms with Gasteiger partial charge in [0.1, 0.15) is 0 Å². The Morgan fingerprint density at radius 1 is 0.880 bits per heavy atom. The van der Waals surface area contributed by atoms with E-state index in [1.54, 1.807) is 0 Å². The molecule has 2 aromatic rings. The van der Waals surface area contributed by atoms with Crippen LogP contribution in [-0.4, -0.2) is 50.2 Å². The van der Waals surface area contributed by atoms with Crippen molar-refractivity contribution in [3.05, 3.63) is 66.2 Å². The summed E-state index contributed by atoms with van der Waals surface area (Å²) in [6, 6.07) is 21.8. The Balaban J connectivity index is 1.46. The SMILES string of the molecule is NCC[C@@H](CN1CCN(c2ccccc2)CC1)NCc1ccccc1. The van der Waals surface area contributed by atoms with Gasteiger partial charge < -0.3 is 16.0 Å². The van der Waals surface area contributed by atoms with Gasteiger partial charge in [0.15, 0.2) is 0 Å². The molecule has 0 unspecified atom stereocenters. The van der Waals surface area contributed by atoms with E-state index in [1.807, 2.05) is 0 Å². The van der Waals surface area contributed by atoms with Crippen molar-refractivity contribution in [3.63, 3.8) is 0 Å². The van der Waals surface area contributed by atoms with Crippen LogP contribution in [0, 0.1) is 0 Å². The van der Waals surface area contributed by atoms with E-state index in [0.717, 1.165) is 52.2 Å². The van der Waals surface area contributed by atoms with Crippen LogP contribution in [0.1, 0.15) is 12.0 Å². The zero-order valence-electron chi connectivity index (χ0n) is 15.0. The van der Waals surface area contributed by atoms with E-state index in [4.69, 9.17) is 5.73 Å². The fraction of sp³-hybridized carbons (Fsp3) is 0.429. The third kappa shape index (κ3) is 5.56. The molecular weight excluding hydrogens is 308 g/mol. The Labute approximate surface area is 151 Å². The van der Waals surface area contributed by atoms with Crippen LogP contribution < -0.4 is 16.0 Å². The number of hydrogen-bond acceptors (Lipinski definition) is 4. The molecule has 0 aromatic heterocycles. The second-order valence-corrected chi connectivity index (χ2v) is 6.76. The van der Waals surface area contributed by atoms with Gasteiger partial charge in [-0.25, -0.2) is 0 Å². The minimum absolute atomic E-state index is 0.452. The Morgan fingerprint density at radius 3 is 2.16 bits per heavy atom. The molecule has 3 rings (SSSR count). The molecule has 4 heteroatoms. The largest absolute Gasteiger partial charge is 0.369 e. The van der Waals surface area contributed by atoms with E-state index in [1.165, 1.54) is 11.3 Å². The first-order chi connectivity index (χ1) is 12.3. The van der Waals surface area contributed by atoms with Gasteiger partial charge in [-0.15, -0.1) is 0 Å². The summed E-state index contributed by atoms with van der Waals surface area (Å²) < 4.78 is 0. The maximum Gasteiger partial charge on any atom is 0.0367 e. The molecule has 0 radical (unpaired) electrons. The summed E-state index contributed by atoms with van der Waals surface area (Å²) in [6.45, 7) is 7.14. The van der Waals surface area contributed by atoms with E-state index >= 15 is 0 Å². The van der Waals surface area contributed by atoms with E-state index in [2.05, 4.69) is 75.8 Å². The maximum atomic E-state index is 5.83. The van der Waals surface area contributed by atoms with Gasteiger partial charge in [0, 0.05) is 51.0 Å². The number of para-hydroxylation sites is 1. The highest BCUT2D eigenvalue weighted by Crippen LogP contribution is 2.15. The average molecular weight is 338 g/mol. The maximum absolute atomic E-state index is 5.83. The fourth-order valence-corrected chi connectivity index (χ4v) is 3.46. The van der Waals surface area contributed by atoms with Gasteiger partial charge in [-0.2, -0.15) is 0 Å². The molecule has 1 saturated heterocycles. The lowest BCUT2D eigenvalue weighted by atomic mass is 10.1. The van der Waals surface area contributed by atoms with Crippen LogP contribution >= 0.6 is 0 Å². The number of anilines is 1. The minimum atomic E-state index is 0.452. The van der Waals surface area contributed by atoms with Gasteiger partial charge >= 0.3 is 0 Å². The zero-order valence-corrected chi connectivity index (χ0v) is 15.0. The molecule has 0 aliphatic carbocycles. The van der Waals surface area contributed by atoms with E-state index in [0.29, 0.717) is 6.04 Å². The highest BCUT2D eigenvalue weighted by molar-refractivity contribution is 5.46. The van der Waals surface area contributed by atoms with Crippen molar-refractivity contribution >= 4 is 5.69 Å². The summed E-state index contributed by atoms with van der Waals surface area (Å²) in [5.41, 5.74) is 8.50. The lowest BCUT2D eigenvalue weighted by Gasteiger charge is -2.37. The minimum Gasteiger partial charge on any atom is -0.369 e. The summed E-state index contributed by atoms with van der Waals surface area (Å²) in [4.78, 5) is 5.05. The molecule has 2 aromatic carbocycles. The van der Waals surface area contributed by atoms with Crippen molar-refractivity contribution in [1.82, 2.24) is 10.2 Å². The summed E-state index contributed by atoms with van der Waals surface area (Å²) in [5.74, 6) is 0. The fourth-order valence-electron chi connectivity index (χ4n) is 3.46. The van der Waals surface area contributed by atoms with Crippen LogP contribution in [0.5, 0.6) is 0 Å². The molecule has 0 bridgehead atoms. The molecule has 0 amide bonds. The quantitative estimate of drug-likeness (QED) is 0.775. The summed E-state index contributed by atoms with van der Waals surface area (Å²) in [7, 11) is 0. The number of hydrogen-bond donors (Lipinski definition) is 2. The smallest absolute Gasteiger partial charge is 0.0367 e. The summed E-state index contributed by atoms with van der Waals surface area (Å²) in [6.07, 6.45) is 1.02. The molecule has 4 nitrogen and oxygen atoms in total. The van der Waals surface area contributed by atoms with Crippen LogP contribution in [0.3, 0.4) is 0 Å². The van der Waals surface area contributed by atoms with Gasteiger partial charge in [-0.05, 0) is 30.7 Å². The summed E-state index contributed by atoms with van der Waals surface area (Å²) >= 11 is 0. The average Bonchev–Trinajstić information content (AvgIpc) is 2.68. The molecule has 1 aliphatic rings.